The monoisotopic (exact) mass is 417 g/mol. The molecule has 4 rings (SSSR count). The van der Waals surface area contributed by atoms with Gasteiger partial charge < -0.3 is 5.11 Å². The van der Waals surface area contributed by atoms with E-state index in [1.807, 2.05) is 0 Å². The number of hydrogen-bond donors (Lipinski definition) is 1. The van der Waals surface area contributed by atoms with Crippen LogP contribution in [-0.2, 0) is 6.18 Å². The van der Waals surface area contributed by atoms with Crippen LogP contribution < -0.4 is 15.3 Å². The second-order valence-corrected chi connectivity index (χ2v) is 6.90. The summed E-state index contributed by atoms with van der Waals surface area (Å²) in [6, 6.07) is 11.1. The van der Waals surface area contributed by atoms with E-state index in [1.54, 1.807) is 30.3 Å². The molecule has 0 radical (unpaired) electrons. The van der Waals surface area contributed by atoms with Crippen molar-refractivity contribution in [2.45, 2.75) is 6.18 Å². The summed E-state index contributed by atoms with van der Waals surface area (Å²) in [5, 5.41) is 26.1. The van der Waals surface area contributed by atoms with Gasteiger partial charge in [-0.25, -0.2) is 4.57 Å². The Bertz CT molecular complexity index is 1300. The van der Waals surface area contributed by atoms with Crippen LogP contribution in [0.5, 0.6) is 5.88 Å². The van der Waals surface area contributed by atoms with Crippen molar-refractivity contribution in [1.82, 2.24) is 4.57 Å². The third kappa shape index (κ3) is 3.72. The quantitative estimate of drug-likeness (QED) is 0.693. The van der Waals surface area contributed by atoms with Crippen molar-refractivity contribution in [3.63, 3.8) is 0 Å². The Kier molecular flexibility index (Phi) is 4.59. The highest BCUT2D eigenvalue weighted by molar-refractivity contribution is 7.10. The maximum absolute atomic E-state index is 12.9. The Labute approximate surface area is 164 Å². The number of aromatic nitrogens is 1. The van der Waals surface area contributed by atoms with E-state index >= 15 is 0 Å². The molecule has 0 atom stereocenters. The van der Waals surface area contributed by atoms with Crippen molar-refractivity contribution < 1.29 is 18.3 Å². The van der Waals surface area contributed by atoms with Crippen LogP contribution in [0.15, 0.2) is 74.0 Å². The van der Waals surface area contributed by atoms with Crippen molar-refractivity contribution in [2.24, 2.45) is 20.7 Å². The molecule has 146 valence electrons. The summed E-state index contributed by atoms with van der Waals surface area (Å²) in [6.07, 6.45) is -3.00. The summed E-state index contributed by atoms with van der Waals surface area (Å²) in [5.74, 6) is -0.0732. The standard InChI is InChI=1S/C18H10F3N5O2S/c19-18(20,21)12-2-1-3-13(9-12)26-16(27)14(29-17(26)28)8-10-4-6-11(7-5-10)15-22-24-25-23-15/h1-9,27H. The van der Waals surface area contributed by atoms with Crippen LogP contribution in [0.25, 0.3) is 17.6 Å². The van der Waals surface area contributed by atoms with Gasteiger partial charge in [0.1, 0.15) is 0 Å². The van der Waals surface area contributed by atoms with Crippen molar-refractivity contribution in [2.75, 3.05) is 0 Å². The van der Waals surface area contributed by atoms with Gasteiger partial charge in [-0.1, -0.05) is 41.7 Å². The van der Waals surface area contributed by atoms with Gasteiger partial charge in [0.2, 0.25) is 11.7 Å². The SMILES string of the molecule is O=c1sc(C=c2ccc(=C3N=NN=N3)cc2)c(O)n1-c1cccc(C(F)(F)F)c1. The van der Waals surface area contributed by atoms with E-state index in [2.05, 4.69) is 20.7 Å². The summed E-state index contributed by atoms with van der Waals surface area (Å²) in [4.78, 5) is 11.9. The molecule has 0 saturated heterocycles. The Morgan fingerprint density at radius 1 is 1.03 bits per heavy atom. The third-order valence-corrected chi connectivity index (χ3v) is 4.91. The van der Waals surface area contributed by atoms with Gasteiger partial charge in [-0.3, -0.25) is 4.79 Å². The van der Waals surface area contributed by atoms with Gasteiger partial charge in [0, 0.05) is 5.22 Å². The van der Waals surface area contributed by atoms with E-state index in [0.717, 1.165) is 28.0 Å². The zero-order valence-corrected chi connectivity index (χ0v) is 15.1. The lowest BCUT2D eigenvalue weighted by Gasteiger charge is -2.09. The molecule has 0 bridgehead atoms. The molecule has 0 spiro atoms. The molecule has 7 nitrogen and oxygen atoms in total. The lowest BCUT2D eigenvalue weighted by molar-refractivity contribution is -0.137. The second kappa shape index (κ2) is 7.09. The van der Waals surface area contributed by atoms with Crippen LogP contribution in [0.3, 0.4) is 0 Å². The second-order valence-electron chi connectivity index (χ2n) is 5.91. The highest BCUT2D eigenvalue weighted by Gasteiger charge is 2.31. The summed E-state index contributed by atoms with van der Waals surface area (Å²) >= 11 is 0.722. The number of aromatic hydroxyl groups is 1. The number of halogens is 3. The smallest absolute Gasteiger partial charge is 0.416 e. The average molecular weight is 417 g/mol. The molecular formula is C18H10F3N5O2S. The molecule has 0 unspecified atom stereocenters. The molecule has 29 heavy (non-hydrogen) atoms. The summed E-state index contributed by atoms with van der Waals surface area (Å²) < 4.78 is 39.7. The third-order valence-electron chi connectivity index (χ3n) is 4.03. The Morgan fingerprint density at radius 2 is 1.72 bits per heavy atom. The minimum Gasteiger partial charge on any atom is -0.493 e. The lowest BCUT2D eigenvalue weighted by atomic mass is 10.2. The number of alkyl halides is 3. The van der Waals surface area contributed by atoms with Crippen LogP contribution in [0, 0.1) is 0 Å². The largest absolute Gasteiger partial charge is 0.493 e. The van der Waals surface area contributed by atoms with Crippen molar-refractivity contribution in [3.8, 4) is 11.6 Å². The van der Waals surface area contributed by atoms with Crippen LogP contribution >= 0.6 is 11.3 Å². The van der Waals surface area contributed by atoms with Gasteiger partial charge in [0.05, 0.1) is 16.1 Å². The molecule has 1 aromatic heterocycles. The highest BCUT2D eigenvalue weighted by atomic mass is 32.1. The molecule has 3 aromatic rings. The predicted molar refractivity (Wildman–Crippen MR) is 99.0 cm³/mol. The van der Waals surface area contributed by atoms with Crippen LogP contribution in [0.2, 0.25) is 0 Å². The molecule has 1 aliphatic heterocycles. The topological polar surface area (TPSA) is 91.7 Å². The Morgan fingerprint density at radius 3 is 2.38 bits per heavy atom. The molecule has 11 heteroatoms. The first-order valence-corrected chi connectivity index (χ1v) is 8.91. The van der Waals surface area contributed by atoms with E-state index in [-0.39, 0.29) is 10.6 Å². The molecule has 0 aliphatic carbocycles. The molecule has 2 heterocycles. The van der Waals surface area contributed by atoms with Crippen molar-refractivity contribution in [3.05, 3.63) is 79.1 Å². The maximum Gasteiger partial charge on any atom is 0.416 e. The zero-order valence-electron chi connectivity index (χ0n) is 14.3. The Balaban J connectivity index is 1.76. The number of rotatable bonds is 2. The first-order chi connectivity index (χ1) is 13.8. The lowest BCUT2D eigenvalue weighted by Crippen LogP contribution is -2.12. The van der Waals surface area contributed by atoms with Crippen molar-refractivity contribution in [1.29, 1.82) is 0 Å². The molecule has 1 N–H and O–H groups in total. The van der Waals surface area contributed by atoms with Crippen molar-refractivity contribution >= 4 is 23.2 Å². The van der Waals surface area contributed by atoms with Gasteiger partial charge in [-0.05, 0) is 39.9 Å². The van der Waals surface area contributed by atoms with E-state index in [0.29, 0.717) is 16.3 Å². The summed E-state index contributed by atoms with van der Waals surface area (Å²) in [5.41, 5.74) is -0.978. The van der Waals surface area contributed by atoms with Gasteiger partial charge in [0.25, 0.3) is 0 Å². The molecule has 2 aromatic carbocycles. The molecule has 0 fully saturated rings. The van der Waals surface area contributed by atoms with E-state index in [4.69, 9.17) is 0 Å². The van der Waals surface area contributed by atoms with Gasteiger partial charge in [-0.2, -0.15) is 13.2 Å². The molecule has 0 amide bonds. The van der Waals surface area contributed by atoms with E-state index in [9.17, 15) is 23.1 Å². The maximum atomic E-state index is 12.9. The first-order valence-electron chi connectivity index (χ1n) is 8.09. The van der Waals surface area contributed by atoms with E-state index < -0.39 is 22.5 Å². The fourth-order valence-electron chi connectivity index (χ4n) is 2.67. The molecule has 0 saturated carbocycles. The average Bonchev–Trinajstić information content (AvgIpc) is 3.31. The van der Waals surface area contributed by atoms with Crippen LogP contribution in [0.1, 0.15) is 10.4 Å². The number of hydrogen-bond acceptors (Lipinski definition) is 7. The number of thiazole rings is 1. The zero-order chi connectivity index (χ0) is 20.6. The van der Waals surface area contributed by atoms with Crippen LogP contribution in [-0.4, -0.2) is 9.67 Å². The van der Waals surface area contributed by atoms with E-state index in [1.165, 1.54) is 12.1 Å². The van der Waals surface area contributed by atoms with Gasteiger partial charge in [-0.15, -0.1) is 10.2 Å². The van der Waals surface area contributed by atoms with Crippen LogP contribution in [0.4, 0.5) is 13.2 Å². The summed E-state index contributed by atoms with van der Waals surface area (Å²) in [6.45, 7) is 0. The summed E-state index contributed by atoms with van der Waals surface area (Å²) in [7, 11) is 0. The first kappa shape index (κ1) is 18.7. The van der Waals surface area contributed by atoms with Gasteiger partial charge in [0.15, 0.2) is 0 Å². The van der Waals surface area contributed by atoms with Gasteiger partial charge >= 0.3 is 11.0 Å². The molecule has 1 aliphatic rings. The highest BCUT2D eigenvalue weighted by Crippen LogP contribution is 2.31. The minimum absolute atomic E-state index is 0.0677. The fraction of sp³-hybridized carbons (Fsp3) is 0.0556. The number of benzene rings is 2. The number of nitrogens with zero attached hydrogens (tertiary/aromatic N) is 5. The fourth-order valence-corrected chi connectivity index (χ4v) is 3.51. The molecular weight excluding hydrogens is 407 g/mol. The predicted octanol–water partition coefficient (Wildman–Crippen LogP) is 3.35. The Hall–Kier alpha value is -3.60. The minimum atomic E-state index is -4.56. The normalized spacial score (nSPS) is 13.3.